The second-order valence-electron chi connectivity index (χ2n) is 8.78. The van der Waals surface area contributed by atoms with Gasteiger partial charge in [0.25, 0.3) is 0 Å². The summed E-state index contributed by atoms with van der Waals surface area (Å²) in [5.41, 5.74) is 4.30. The van der Waals surface area contributed by atoms with Crippen molar-refractivity contribution in [1.29, 1.82) is 0 Å². The number of ether oxygens (including phenoxy) is 2. The summed E-state index contributed by atoms with van der Waals surface area (Å²) in [7, 11) is 1.65. The standard InChI is InChI=1S/C26H33N3O4/c1-18-4-7-21(16-19(18)2)29-11-10-23(26(29)31)25(30)27-17-24(28-12-14-33-15-13-28)20-5-8-22(32-3)9-6-20/h4-9,16,23-24H,10-15,17H2,1-3H3,(H,27,30). The fourth-order valence-electron chi connectivity index (χ4n) is 4.57. The van der Waals surface area contributed by atoms with Crippen LogP contribution < -0.4 is 15.0 Å². The van der Waals surface area contributed by atoms with E-state index in [-0.39, 0.29) is 17.9 Å². The van der Waals surface area contributed by atoms with Gasteiger partial charge in [0, 0.05) is 31.9 Å². The zero-order valence-corrected chi connectivity index (χ0v) is 19.7. The third-order valence-electron chi connectivity index (χ3n) is 6.78. The van der Waals surface area contributed by atoms with Gasteiger partial charge in [0.1, 0.15) is 11.7 Å². The number of methoxy groups -OCH3 is 1. The highest BCUT2D eigenvalue weighted by molar-refractivity contribution is 6.09. The molecule has 2 amide bonds. The third-order valence-corrected chi connectivity index (χ3v) is 6.78. The van der Waals surface area contributed by atoms with Gasteiger partial charge in [0.15, 0.2) is 0 Å². The minimum absolute atomic E-state index is 0.0103. The zero-order chi connectivity index (χ0) is 23.4. The smallest absolute Gasteiger partial charge is 0.239 e. The lowest BCUT2D eigenvalue weighted by Gasteiger charge is -2.35. The quantitative estimate of drug-likeness (QED) is 0.656. The Morgan fingerprint density at radius 1 is 1.09 bits per heavy atom. The molecule has 2 heterocycles. The van der Waals surface area contributed by atoms with Crippen LogP contribution in [0.3, 0.4) is 0 Å². The fraction of sp³-hybridized carbons (Fsp3) is 0.462. The highest BCUT2D eigenvalue weighted by atomic mass is 16.5. The first kappa shape index (κ1) is 23.3. The number of nitrogens with zero attached hydrogens (tertiary/aromatic N) is 2. The Bertz CT molecular complexity index is 986. The molecule has 0 aliphatic carbocycles. The number of nitrogens with one attached hydrogen (secondary N) is 1. The summed E-state index contributed by atoms with van der Waals surface area (Å²) in [5.74, 6) is -0.166. The molecule has 0 bridgehead atoms. The molecule has 33 heavy (non-hydrogen) atoms. The van der Waals surface area contributed by atoms with Gasteiger partial charge in [-0.15, -0.1) is 0 Å². The Balaban J connectivity index is 1.43. The molecular formula is C26H33N3O4. The number of carbonyl (C=O) groups excluding carboxylic acids is 2. The lowest BCUT2D eigenvalue weighted by atomic mass is 10.0. The Kier molecular flexibility index (Phi) is 7.30. The van der Waals surface area contributed by atoms with Crippen LogP contribution in [0.5, 0.6) is 5.75 Å². The molecule has 2 aliphatic heterocycles. The van der Waals surface area contributed by atoms with E-state index in [1.165, 1.54) is 5.56 Å². The van der Waals surface area contributed by atoms with Crippen LogP contribution >= 0.6 is 0 Å². The molecule has 0 saturated carbocycles. The maximum absolute atomic E-state index is 13.1. The molecule has 2 aromatic rings. The van der Waals surface area contributed by atoms with Crippen molar-refractivity contribution >= 4 is 17.5 Å². The van der Waals surface area contributed by atoms with Gasteiger partial charge in [-0.2, -0.15) is 0 Å². The number of hydrogen-bond acceptors (Lipinski definition) is 5. The lowest BCUT2D eigenvalue weighted by Crippen LogP contribution is -2.45. The second-order valence-corrected chi connectivity index (χ2v) is 8.78. The molecule has 7 heteroatoms. The van der Waals surface area contributed by atoms with Crippen molar-refractivity contribution < 1.29 is 19.1 Å². The van der Waals surface area contributed by atoms with Crippen molar-refractivity contribution in [3.05, 3.63) is 59.2 Å². The van der Waals surface area contributed by atoms with E-state index in [2.05, 4.69) is 17.1 Å². The molecule has 2 saturated heterocycles. The predicted octanol–water partition coefficient (Wildman–Crippen LogP) is 2.85. The zero-order valence-electron chi connectivity index (χ0n) is 19.7. The van der Waals surface area contributed by atoms with E-state index in [0.29, 0.717) is 32.7 Å². The average molecular weight is 452 g/mol. The van der Waals surface area contributed by atoms with Gasteiger partial charge < -0.3 is 19.7 Å². The molecule has 0 spiro atoms. The van der Waals surface area contributed by atoms with Crippen LogP contribution in [-0.4, -0.2) is 63.2 Å². The van der Waals surface area contributed by atoms with Crippen molar-refractivity contribution in [2.75, 3.05) is 51.4 Å². The first-order chi connectivity index (χ1) is 16.0. The van der Waals surface area contributed by atoms with Gasteiger partial charge in [-0.25, -0.2) is 0 Å². The normalized spacial score (nSPS) is 20.0. The van der Waals surface area contributed by atoms with E-state index in [1.807, 2.05) is 49.4 Å². The molecule has 2 fully saturated rings. The van der Waals surface area contributed by atoms with E-state index in [0.717, 1.165) is 35.7 Å². The number of hydrogen-bond donors (Lipinski definition) is 1. The Hall–Kier alpha value is -2.90. The third kappa shape index (κ3) is 5.20. The molecule has 2 aromatic carbocycles. The molecule has 4 rings (SSSR count). The lowest BCUT2D eigenvalue weighted by molar-refractivity contribution is -0.132. The SMILES string of the molecule is COc1ccc(C(CNC(=O)C2CCN(c3ccc(C)c(C)c3)C2=O)N2CCOCC2)cc1. The Morgan fingerprint density at radius 3 is 2.48 bits per heavy atom. The molecule has 176 valence electrons. The number of anilines is 1. The van der Waals surface area contributed by atoms with E-state index in [1.54, 1.807) is 12.0 Å². The maximum Gasteiger partial charge on any atom is 0.239 e. The van der Waals surface area contributed by atoms with Crippen LogP contribution in [0.1, 0.15) is 29.2 Å². The summed E-state index contributed by atoms with van der Waals surface area (Å²) in [5, 5.41) is 3.07. The topological polar surface area (TPSA) is 71.1 Å². The number of morpholine rings is 1. The minimum atomic E-state index is -0.646. The maximum atomic E-state index is 13.1. The van der Waals surface area contributed by atoms with Crippen LogP contribution in [0, 0.1) is 19.8 Å². The number of carbonyl (C=O) groups is 2. The fourth-order valence-corrected chi connectivity index (χ4v) is 4.57. The first-order valence-electron chi connectivity index (χ1n) is 11.6. The van der Waals surface area contributed by atoms with Gasteiger partial charge >= 0.3 is 0 Å². The van der Waals surface area contributed by atoms with Gasteiger partial charge in [0.05, 0.1) is 26.4 Å². The molecule has 0 aromatic heterocycles. The number of amides is 2. The van der Waals surface area contributed by atoms with Crippen LogP contribution in [0.15, 0.2) is 42.5 Å². The molecule has 0 radical (unpaired) electrons. The van der Waals surface area contributed by atoms with Gasteiger partial charge in [-0.05, 0) is 61.2 Å². The molecule has 2 aliphatic rings. The van der Waals surface area contributed by atoms with Gasteiger partial charge in [0.2, 0.25) is 11.8 Å². The van der Waals surface area contributed by atoms with Crippen molar-refractivity contribution in [3.8, 4) is 5.75 Å². The number of rotatable bonds is 7. The average Bonchev–Trinajstić information content (AvgIpc) is 3.23. The summed E-state index contributed by atoms with van der Waals surface area (Å²) in [6.07, 6.45) is 0.530. The summed E-state index contributed by atoms with van der Waals surface area (Å²) in [6, 6.07) is 14.0. The van der Waals surface area contributed by atoms with Gasteiger partial charge in [-0.3, -0.25) is 14.5 Å². The molecule has 1 N–H and O–H groups in total. The first-order valence-corrected chi connectivity index (χ1v) is 11.6. The molecule has 2 atom stereocenters. The van der Waals surface area contributed by atoms with Crippen LogP contribution in [0.4, 0.5) is 5.69 Å². The number of benzene rings is 2. The van der Waals surface area contributed by atoms with Crippen LogP contribution in [0.25, 0.3) is 0 Å². The summed E-state index contributed by atoms with van der Waals surface area (Å²) in [6.45, 7) is 8.04. The van der Waals surface area contributed by atoms with E-state index >= 15 is 0 Å². The largest absolute Gasteiger partial charge is 0.497 e. The minimum Gasteiger partial charge on any atom is -0.497 e. The Labute approximate surface area is 195 Å². The summed E-state index contributed by atoms with van der Waals surface area (Å²) in [4.78, 5) is 30.2. The predicted molar refractivity (Wildman–Crippen MR) is 128 cm³/mol. The monoisotopic (exact) mass is 451 g/mol. The van der Waals surface area contributed by atoms with Crippen molar-refractivity contribution in [2.24, 2.45) is 5.92 Å². The second kappa shape index (κ2) is 10.4. The number of aryl methyl sites for hydroxylation is 2. The van der Waals surface area contributed by atoms with E-state index in [4.69, 9.17) is 9.47 Å². The molecular weight excluding hydrogens is 418 g/mol. The highest BCUT2D eigenvalue weighted by Gasteiger charge is 2.38. The van der Waals surface area contributed by atoms with Gasteiger partial charge in [-0.1, -0.05) is 18.2 Å². The van der Waals surface area contributed by atoms with Crippen molar-refractivity contribution in [3.63, 3.8) is 0 Å². The van der Waals surface area contributed by atoms with Crippen LogP contribution in [-0.2, 0) is 14.3 Å². The van der Waals surface area contributed by atoms with Crippen LogP contribution in [0.2, 0.25) is 0 Å². The van der Waals surface area contributed by atoms with Crippen molar-refractivity contribution in [1.82, 2.24) is 10.2 Å². The van der Waals surface area contributed by atoms with E-state index < -0.39 is 5.92 Å². The molecule has 7 nitrogen and oxygen atoms in total. The summed E-state index contributed by atoms with van der Waals surface area (Å²) >= 11 is 0. The summed E-state index contributed by atoms with van der Waals surface area (Å²) < 4.78 is 10.8. The van der Waals surface area contributed by atoms with E-state index in [9.17, 15) is 9.59 Å². The molecule has 2 unspecified atom stereocenters. The highest BCUT2D eigenvalue weighted by Crippen LogP contribution is 2.28. The van der Waals surface area contributed by atoms with Crippen molar-refractivity contribution in [2.45, 2.75) is 26.3 Å². The Morgan fingerprint density at radius 2 is 1.82 bits per heavy atom.